The van der Waals surface area contributed by atoms with Gasteiger partial charge in [-0.1, -0.05) is 35.9 Å². The van der Waals surface area contributed by atoms with Gasteiger partial charge in [-0.3, -0.25) is 4.79 Å². The second-order valence-corrected chi connectivity index (χ2v) is 6.86. The minimum absolute atomic E-state index is 0.00713. The number of carbonyl (C=O) groups is 2. The molecule has 0 atom stereocenters. The van der Waals surface area contributed by atoms with Gasteiger partial charge in [0.05, 0.1) is 5.56 Å². The van der Waals surface area contributed by atoms with Crippen LogP contribution in [0.2, 0.25) is 0 Å². The number of amides is 1. The maximum absolute atomic E-state index is 12.7. The zero-order chi connectivity index (χ0) is 19.7. The SMILES string of the molecule is Cc1ccc(-c2nnn(CC(=O)N3CCc4ccc(C(=O)O)cc4C3)n2)cc1. The Morgan fingerprint density at radius 1 is 1.11 bits per heavy atom. The van der Waals surface area contributed by atoms with Crippen molar-refractivity contribution in [2.45, 2.75) is 26.4 Å². The molecule has 1 aromatic heterocycles. The highest BCUT2D eigenvalue weighted by Gasteiger charge is 2.22. The van der Waals surface area contributed by atoms with E-state index in [1.54, 1.807) is 17.0 Å². The molecule has 0 fully saturated rings. The maximum Gasteiger partial charge on any atom is 0.335 e. The number of carbonyl (C=O) groups excluding carboxylic acids is 1. The van der Waals surface area contributed by atoms with Crippen molar-refractivity contribution in [1.29, 1.82) is 0 Å². The second-order valence-electron chi connectivity index (χ2n) is 6.86. The highest BCUT2D eigenvalue weighted by Crippen LogP contribution is 2.21. The van der Waals surface area contributed by atoms with E-state index in [0.29, 0.717) is 25.3 Å². The van der Waals surface area contributed by atoms with Crippen LogP contribution in [0.1, 0.15) is 27.0 Å². The highest BCUT2D eigenvalue weighted by atomic mass is 16.4. The van der Waals surface area contributed by atoms with E-state index in [0.717, 1.165) is 22.3 Å². The number of tetrazole rings is 1. The summed E-state index contributed by atoms with van der Waals surface area (Å²) >= 11 is 0. The van der Waals surface area contributed by atoms with Crippen LogP contribution in [0.25, 0.3) is 11.4 Å². The number of rotatable bonds is 4. The van der Waals surface area contributed by atoms with Gasteiger partial charge in [-0.2, -0.15) is 4.80 Å². The number of hydrogen-bond acceptors (Lipinski definition) is 5. The number of nitrogens with zero attached hydrogens (tertiary/aromatic N) is 5. The Bertz CT molecular complexity index is 1040. The summed E-state index contributed by atoms with van der Waals surface area (Å²) in [5.74, 6) is -0.621. The lowest BCUT2D eigenvalue weighted by Crippen LogP contribution is -2.38. The molecule has 0 bridgehead atoms. The molecule has 0 radical (unpaired) electrons. The molecule has 1 N–H and O–H groups in total. The first-order valence-electron chi connectivity index (χ1n) is 8.97. The summed E-state index contributed by atoms with van der Waals surface area (Å²) in [4.78, 5) is 26.8. The van der Waals surface area contributed by atoms with Crippen LogP contribution in [0.15, 0.2) is 42.5 Å². The predicted octanol–water partition coefficient (Wildman–Crippen LogP) is 1.93. The van der Waals surface area contributed by atoms with Gasteiger partial charge in [-0.15, -0.1) is 10.2 Å². The Morgan fingerprint density at radius 3 is 2.64 bits per heavy atom. The molecule has 0 saturated heterocycles. The molecule has 142 valence electrons. The molecule has 1 aliphatic rings. The van der Waals surface area contributed by atoms with E-state index in [1.165, 1.54) is 4.80 Å². The monoisotopic (exact) mass is 377 g/mol. The van der Waals surface area contributed by atoms with Crippen LogP contribution in [0.3, 0.4) is 0 Å². The molecule has 2 heterocycles. The molecule has 3 aromatic rings. The van der Waals surface area contributed by atoms with Gasteiger partial charge in [-0.05, 0) is 41.8 Å². The Hall–Kier alpha value is -3.55. The summed E-state index contributed by atoms with van der Waals surface area (Å²) in [6.45, 7) is 2.96. The standard InChI is InChI=1S/C20H19N5O3/c1-13-2-4-15(5-3-13)19-21-23-25(22-19)12-18(26)24-9-8-14-6-7-16(20(27)28)10-17(14)11-24/h2-7,10H,8-9,11-12H2,1H3,(H,27,28). The molecule has 4 rings (SSSR count). The van der Waals surface area contributed by atoms with Crippen LogP contribution in [-0.4, -0.2) is 48.6 Å². The Labute approximate surface area is 161 Å². The van der Waals surface area contributed by atoms with Gasteiger partial charge in [0, 0.05) is 18.7 Å². The van der Waals surface area contributed by atoms with Gasteiger partial charge >= 0.3 is 5.97 Å². The summed E-state index contributed by atoms with van der Waals surface area (Å²) in [6.07, 6.45) is 0.695. The first-order valence-corrected chi connectivity index (χ1v) is 8.97. The number of fused-ring (bicyclic) bond motifs is 1. The summed E-state index contributed by atoms with van der Waals surface area (Å²) in [5.41, 5.74) is 4.16. The smallest absolute Gasteiger partial charge is 0.335 e. The van der Waals surface area contributed by atoms with Crippen molar-refractivity contribution in [2.75, 3.05) is 6.54 Å². The lowest BCUT2D eigenvalue weighted by molar-refractivity contribution is -0.133. The first kappa shape index (κ1) is 17.8. The number of hydrogen-bond donors (Lipinski definition) is 1. The molecule has 0 unspecified atom stereocenters. The summed E-state index contributed by atoms with van der Waals surface area (Å²) in [5, 5.41) is 21.5. The summed E-state index contributed by atoms with van der Waals surface area (Å²) < 4.78 is 0. The van der Waals surface area contributed by atoms with Gasteiger partial charge in [0.1, 0.15) is 6.54 Å². The quantitative estimate of drug-likeness (QED) is 0.746. The van der Waals surface area contributed by atoms with E-state index in [9.17, 15) is 9.59 Å². The highest BCUT2D eigenvalue weighted by molar-refractivity contribution is 5.88. The van der Waals surface area contributed by atoms with E-state index in [2.05, 4.69) is 15.4 Å². The topological polar surface area (TPSA) is 101 Å². The summed E-state index contributed by atoms with van der Waals surface area (Å²) in [6, 6.07) is 12.8. The Balaban J connectivity index is 1.45. The third kappa shape index (κ3) is 3.62. The van der Waals surface area contributed by atoms with Gasteiger partial charge in [-0.25, -0.2) is 4.79 Å². The molecule has 0 aliphatic carbocycles. The number of carboxylic acids is 1. The lowest BCUT2D eigenvalue weighted by Gasteiger charge is -2.28. The van der Waals surface area contributed by atoms with Crippen LogP contribution in [-0.2, 0) is 24.3 Å². The molecular weight excluding hydrogens is 358 g/mol. The summed E-state index contributed by atoms with van der Waals surface area (Å²) in [7, 11) is 0. The first-order chi connectivity index (χ1) is 13.5. The average Bonchev–Trinajstić information content (AvgIpc) is 3.16. The zero-order valence-electron chi connectivity index (χ0n) is 15.4. The number of aromatic carboxylic acids is 1. The predicted molar refractivity (Wildman–Crippen MR) is 101 cm³/mol. The molecule has 0 spiro atoms. The molecule has 8 nitrogen and oxygen atoms in total. The van der Waals surface area contributed by atoms with Crippen molar-refractivity contribution in [2.24, 2.45) is 0 Å². The van der Waals surface area contributed by atoms with E-state index in [1.807, 2.05) is 37.3 Å². The van der Waals surface area contributed by atoms with Crippen molar-refractivity contribution in [1.82, 2.24) is 25.1 Å². The van der Waals surface area contributed by atoms with Crippen LogP contribution in [0.4, 0.5) is 0 Å². The molecule has 2 aromatic carbocycles. The third-order valence-electron chi connectivity index (χ3n) is 4.86. The van der Waals surface area contributed by atoms with E-state index < -0.39 is 5.97 Å². The Morgan fingerprint density at radius 2 is 1.89 bits per heavy atom. The van der Waals surface area contributed by atoms with Crippen LogP contribution < -0.4 is 0 Å². The van der Waals surface area contributed by atoms with Gasteiger partial charge in [0.2, 0.25) is 11.7 Å². The minimum atomic E-state index is -0.971. The van der Waals surface area contributed by atoms with Gasteiger partial charge < -0.3 is 10.0 Å². The van der Waals surface area contributed by atoms with Crippen molar-refractivity contribution in [3.8, 4) is 11.4 Å². The van der Waals surface area contributed by atoms with Crippen molar-refractivity contribution < 1.29 is 14.7 Å². The fourth-order valence-electron chi connectivity index (χ4n) is 3.25. The normalized spacial score (nSPS) is 13.2. The van der Waals surface area contributed by atoms with E-state index >= 15 is 0 Å². The fraction of sp³-hybridized carbons (Fsp3) is 0.250. The van der Waals surface area contributed by atoms with E-state index in [4.69, 9.17) is 5.11 Å². The lowest BCUT2D eigenvalue weighted by atomic mass is 9.97. The van der Waals surface area contributed by atoms with Gasteiger partial charge in [0.15, 0.2) is 0 Å². The third-order valence-corrected chi connectivity index (χ3v) is 4.86. The van der Waals surface area contributed by atoms with Crippen LogP contribution >= 0.6 is 0 Å². The Kier molecular flexibility index (Phi) is 4.60. The zero-order valence-corrected chi connectivity index (χ0v) is 15.4. The minimum Gasteiger partial charge on any atom is -0.478 e. The second kappa shape index (κ2) is 7.22. The number of aromatic nitrogens is 4. The van der Waals surface area contributed by atoms with E-state index in [-0.39, 0.29) is 18.0 Å². The van der Waals surface area contributed by atoms with Gasteiger partial charge in [0.25, 0.3) is 0 Å². The fourth-order valence-corrected chi connectivity index (χ4v) is 3.25. The van der Waals surface area contributed by atoms with Crippen molar-refractivity contribution in [3.05, 3.63) is 64.7 Å². The number of carboxylic acid groups (broad SMARTS) is 1. The van der Waals surface area contributed by atoms with Crippen LogP contribution in [0, 0.1) is 6.92 Å². The van der Waals surface area contributed by atoms with Crippen LogP contribution in [0.5, 0.6) is 0 Å². The molecule has 8 heteroatoms. The molecular formula is C20H19N5O3. The van der Waals surface area contributed by atoms with Crippen molar-refractivity contribution in [3.63, 3.8) is 0 Å². The molecule has 1 aliphatic heterocycles. The maximum atomic E-state index is 12.7. The number of aryl methyl sites for hydroxylation is 1. The molecule has 1 amide bonds. The molecule has 0 saturated carbocycles. The number of benzene rings is 2. The van der Waals surface area contributed by atoms with Crippen molar-refractivity contribution >= 4 is 11.9 Å². The molecule has 28 heavy (non-hydrogen) atoms. The average molecular weight is 377 g/mol. The largest absolute Gasteiger partial charge is 0.478 e.